The van der Waals surface area contributed by atoms with E-state index in [1.54, 1.807) is 7.11 Å². The van der Waals surface area contributed by atoms with Gasteiger partial charge in [-0.3, -0.25) is 0 Å². The van der Waals surface area contributed by atoms with Crippen LogP contribution in [0.1, 0.15) is 59.3 Å². The van der Waals surface area contributed by atoms with E-state index in [4.69, 9.17) is 4.74 Å². The summed E-state index contributed by atoms with van der Waals surface area (Å²) in [7, 11) is 1.77. The van der Waals surface area contributed by atoms with Crippen molar-refractivity contribution in [3.8, 4) is 0 Å². The van der Waals surface area contributed by atoms with Crippen molar-refractivity contribution in [3.63, 3.8) is 0 Å². The fourth-order valence-electron chi connectivity index (χ4n) is 2.08. The third-order valence-corrected chi connectivity index (χ3v) is 3.58. The number of methoxy groups -OCH3 is 1. The number of ether oxygens (including phenoxy) is 1. The van der Waals surface area contributed by atoms with Crippen LogP contribution in [0.4, 0.5) is 0 Å². The molecule has 0 heterocycles. The van der Waals surface area contributed by atoms with Gasteiger partial charge in [-0.15, -0.1) is 0 Å². The van der Waals surface area contributed by atoms with Gasteiger partial charge in [0.2, 0.25) is 0 Å². The van der Waals surface area contributed by atoms with Crippen LogP contribution in [0, 0.1) is 5.92 Å². The highest BCUT2D eigenvalue weighted by atomic mass is 16.5. The SMILES string of the molecule is COC(C)(C)CCCC(C)CC1(O)CC1. The molecule has 1 aliphatic carbocycles. The highest BCUT2D eigenvalue weighted by Crippen LogP contribution is 2.41. The molecular weight excluding hydrogens is 188 g/mol. The van der Waals surface area contributed by atoms with Gasteiger partial charge < -0.3 is 9.84 Å². The number of hydrogen-bond donors (Lipinski definition) is 1. The minimum Gasteiger partial charge on any atom is -0.390 e. The first kappa shape index (κ1) is 13.0. The Morgan fingerprint density at radius 3 is 2.47 bits per heavy atom. The third kappa shape index (κ3) is 4.98. The Morgan fingerprint density at radius 2 is 2.00 bits per heavy atom. The Morgan fingerprint density at radius 1 is 1.40 bits per heavy atom. The highest BCUT2D eigenvalue weighted by Gasteiger charge is 2.40. The summed E-state index contributed by atoms with van der Waals surface area (Å²) < 4.78 is 5.38. The van der Waals surface area contributed by atoms with Crippen molar-refractivity contribution in [2.75, 3.05) is 7.11 Å². The van der Waals surface area contributed by atoms with Gasteiger partial charge in [-0.05, 0) is 45.4 Å². The predicted octanol–water partition coefficient (Wildman–Crippen LogP) is 3.13. The summed E-state index contributed by atoms with van der Waals surface area (Å²) in [4.78, 5) is 0. The summed E-state index contributed by atoms with van der Waals surface area (Å²) in [5, 5.41) is 9.78. The van der Waals surface area contributed by atoms with Crippen molar-refractivity contribution < 1.29 is 9.84 Å². The molecule has 1 saturated carbocycles. The zero-order valence-electron chi connectivity index (χ0n) is 10.7. The largest absolute Gasteiger partial charge is 0.390 e. The minimum absolute atomic E-state index is 0.0101. The Kier molecular flexibility index (Phi) is 4.19. The van der Waals surface area contributed by atoms with E-state index in [0.29, 0.717) is 5.92 Å². The first-order valence-corrected chi connectivity index (χ1v) is 6.14. The molecule has 0 aromatic carbocycles. The molecule has 1 atom stereocenters. The van der Waals surface area contributed by atoms with E-state index in [9.17, 15) is 5.11 Å². The topological polar surface area (TPSA) is 29.5 Å². The van der Waals surface area contributed by atoms with Crippen LogP contribution in [0.25, 0.3) is 0 Å². The number of hydrogen-bond acceptors (Lipinski definition) is 2. The van der Waals surface area contributed by atoms with Gasteiger partial charge in [-0.2, -0.15) is 0 Å². The van der Waals surface area contributed by atoms with Gasteiger partial charge in [0.25, 0.3) is 0 Å². The van der Waals surface area contributed by atoms with Crippen LogP contribution in [0.5, 0.6) is 0 Å². The molecule has 0 aromatic heterocycles. The van der Waals surface area contributed by atoms with Gasteiger partial charge in [0.05, 0.1) is 11.2 Å². The summed E-state index contributed by atoms with van der Waals surface area (Å²) in [6.07, 6.45) is 6.52. The van der Waals surface area contributed by atoms with E-state index in [0.717, 1.165) is 25.7 Å². The molecule has 0 amide bonds. The van der Waals surface area contributed by atoms with Gasteiger partial charge in [0, 0.05) is 7.11 Å². The molecule has 1 rings (SSSR count). The van der Waals surface area contributed by atoms with Gasteiger partial charge >= 0.3 is 0 Å². The molecule has 1 unspecified atom stereocenters. The number of rotatable bonds is 7. The van der Waals surface area contributed by atoms with Gasteiger partial charge in [-0.1, -0.05) is 19.8 Å². The zero-order valence-corrected chi connectivity index (χ0v) is 10.7. The standard InChI is InChI=1S/C13H26O2/c1-11(10-13(14)8-9-13)6-5-7-12(2,3)15-4/h11,14H,5-10H2,1-4H3. The molecule has 0 bridgehead atoms. The molecule has 15 heavy (non-hydrogen) atoms. The maximum atomic E-state index is 9.78. The highest BCUT2D eigenvalue weighted by molar-refractivity contribution is 4.94. The van der Waals surface area contributed by atoms with Crippen LogP contribution >= 0.6 is 0 Å². The van der Waals surface area contributed by atoms with Crippen molar-refractivity contribution in [1.82, 2.24) is 0 Å². The first-order chi connectivity index (χ1) is 6.87. The fourth-order valence-corrected chi connectivity index (χ4v) is 2.08. The van der Waals surface area contributed by atoms with Crippen molar-refractivity contribution in [2.45, 2.75) is 70.5 Å². The molecule has 0 aliphatic heterocycles. The fraction of sp³-hybridized carbons (Fsp3) is 1.00. The van der Waals surface area contributed by atoms with Crippen LogP contribution in [-0.4, -0.2) is 23.4 Å². The second-order valence-corrected chi connectivity index (χ2v) is 5.89. The molecule has 1 N–H and O–H groups in total. The van der Waals surface area contributed by atoms with Crippen LogP contribution in [0.3, 0.4) is 0 Å². The number of aliphatic hydroxyl groups is 1. The first-order valence-electron chi connectivity index (χ1n) is 6.14. The molecule has 0 radical (unpaired) electrons. The molecule has 0 spiro atoms. The molecule has 1 fully saturated rings. The lowest BCUT2D eigenvalue weighted by Crippen LogP contribution is -2.22. The summed E-state index contributed by atoms with van der Waals surface area (Å²) in [5.74, 6) is 0.644. The minimum atomic E-state index is -0.282. The van der Waals surface area contributed by atoms with Crippen molar-refractivity contribution in [2.24, 2.45) is 5.92 Å². The smallest absolute Gasteiger partial charge is 0.0652 e. The molecule has 0 aromatic rings. The third-order valence-electron chi connectivity index (χ3n) is 3.58. The van der Waals surface area contributed by atoms with Crippen molar-refractivity contribution in [1.29, 1.82) is 0 Å². The Labute approximate surface area is 94.0 Å². The Hall–Kier alpha value is -0.0800. The zero-order chi connectivity index (χ0) is 11.5. The summed E-state index contributed by atoms with van der Waals surface area (Å²) >= 11 is 0. The second-order valence-electron chi connectivity index (χ2n) is 5.89. The van der Waals surface area contributed by atoms with Crippen molar-refractivity contribution >= 4 is 0 Å². The summed E-state index contributed by atoms with van der Waals surface area (Å²) in [6, 6.07) is 0. The van der Waals surface area contributed by atoms with E-state index >= 15 is 0 Å². The second kappa shape index (κ2) is 4.84. The molecule has 2 heteroatoms. The maximum absolute atomic E-state index is 9.78. The summed E-state index contributed by atoms with van der Waals surface area (Å²) in [5.41, 5.74) is -0.271. The Bertz CT molecular complexity index is 195. The molecule has 0 saturated heterocycles. The monoisotopic (exact) mass is 214 g/mol. The van der Waals surface area contributed by atoms with Crippen LogP contribution in [0.15, 0.2) is 0 Å². The van der Waals surface area contributed by atoms with Crippen LogP contribution in [-0.2, 0) is 4.74 Å². The quantitative estimate of drug-likeness (QED) is 0.705. The van der Waals surface area contributed by atoms with Gasteiger partial charge in [0.15, 0.2) is 0 Å². The Balaban J connectivity index is 2.09. The van der Waals surface area contributed by atoms with Crippen molar-refractivity contribution in [3.05, 3.63) is 0 Å². The average Bonchev–Trinajstić information content (AvgIpc) is 2.83. The maximum Gasteiger partial charge on any atom is 0.0652 e. The normalized spacial score (nSPS) is 21.4. The molecule has 1 aliphatic rings. The van der Waals surface area contributed by atoms with E-state index in [1.807, 2.05) is 0 Å². The average molecular weight is 214 g/mol. The lowest BCUT2D eigenvalue weighted by Gasteiger charge is -2.23. The molecule has 90 valence electrons. The lowest BCUT2D eigenvalue weighted by molar-refractivity contribution is 0.0121. The molecule has 2 nitrogen and oxygen atoms in total. The van der Waals surface area contributed by atoms with E-state index in [2.05, 4.69) is 20.8 Å². The van der Waals surface area contributed by atoms with E-state index in [-0.39, 0.29) is 11.2 Å². The molecular formula is C13H26O2. The van der Waals surface area contributed by atoms with E-state index < -0.39 is 0 Å². The van der Waals surface area contributed by atoms with Crippen LogP contribution in [0.2, 0.25) is 0 Å². The lowest BCUT2D eigenvalue weighted by atomic mass is 9.93. The predicted molar refractivity (Wildman–Crippen MR) is 62.9 cm³/mol. The van der Waals surface area contributed by atoms with Crippen LogP contribution < -0.4 is 0 Å². The summed E-state index contributed by atoms with van der Waals surface area (Å²) in [6.45, 7) is 6.51. The van der Waals surface area contributed by atoms with Gasteiger partial charge in [0.1, 0.15) is 0 Å². The van der Waals surface area contributed by atoms with Gasteiger partial charge in [-0.25, -0.2) is 0 Å². The van der Waals surface area contributed by atoms with E-state index in [1.165, 1.54) is 12.8 Å².